The molecule has 1 saturated heterocycles. The molecule has 0 aliphatic carbocycles. The van der Waals surface area contributed by atoms with E-state index in [0.29, 0.717) is 12.0 Å². The number of nitrogens with one attached hydrogen (secondary N) is 2. The van der Waals surface area contributed by atoms with Crippen LogP contribution in [0.4, 0.5) is 0 Å². The number of nitrogens with zero attached hydrogens (tertiary/aromatic N) is 3. The highest BCUT2D eigenvalue weighted by atomic mass is 15.3. The second kappa shape index (κ2) is 5.70. The first-order valence-corrected chi connectivity index (χ1v) is 8.19. The Morgan fingerprint density at radius 3 is 2.96 bits per heavy atom. The van der Waals surface area contributed by atoms with Gasteiger partial charge in [-0.2, -0.15) is 0 Å². The minimum atomic E-state index is -0.245. The Morgan fingerprint density at radius 1 is 1.30 bits per heavy atom. The highest BCUT2D eigenvalue weighted by molar-refractivity contribution is 5.93. The largest absolute Gasteiger partial charge is 0.370 e. The topological polar surface area (TPSA) is 78.0 Å². The van der Waals surface area contributed by atoms with E-state index in [-0.39, 0.29) is 6.17 Å². The van der Waals surface area contributed by atoms with Crippen molar-refractivity contribution < 1.29 is 0 Å². The number of hydrogen-bond donors (Lipinski definition) is 3. The van der Waals surface area contributed by atoms with Crippen LogP contribution in [-0.2, 0) is 0 Å². The summed E-state index contributed by atoms with van der Waals surface area (Å²) in [5.41, 5.74) is 10.3. The molecule has 6 nitrogen and oxygen atoms in total. The van der Waals surface area contributed by atoms with Crippen LogP contribution < -0.4 is 16.4 Å². The number of rotatable bonds is 3. The molecule has 120 valence electrons. The summed E-state index contributed by atoms with van der Waals surface area (Å²) in [5, 5.41) is 6.37. The predicted molar refractivity (Wildman–Crippen MR) is 92.8 cm³/mol. The zero-order chi connectivity index (χ0) is 15.8. The molecule has 4 rings (SSSR count). The molecule has 3 aliphatic heterocycles. The first-order valence-electron chi connectivity index (χ1n) is 8.19. The minimum absolute atomic E-state index is 0.245. The number of benzene rings is 1. The second-order valence-electron chi connectivity index (χ2n) is 6.27. The SMILES string of the molecule is C[C@H](c1cccc(C2=C3NC=NC3N=C(N)N2)c1)N1CCCC1. The fraction of sp³-hybridized carbons (Fsp3) is 0.412. The first-order chi connectivity index (χ1) is 11.2. The van der Waals surface area contributed by atoms with E-state index in [2.05, 4.69) is 56.7 Å². The number of fused-ring (bicyclic) bond motifs is 1. The summed E-state index contributed by atoms with van der Waals surface area (Å²) < 4.78 is 0. The number of likely N-dealkylation sites (tertiary alicyclic amines) is 1. The Bertz CT molecular complexity index is 699. The lowest BCUT2D eigenvalue weighted by Crippen LogP contribution is -2.38. The molecule has 1 fully saturated rings. The van der Waals surface area contributed by atoms with Gasteiger partial charge >= 0.3 is 0 Å². The highest BCUT2D eigenvalue weighted by Crippen LogP contribution is 2.29. The Balaban J connectivity index is 1.66. The molecule has 0 saturated carbocycles. The molecule has 0 aromatic heterocycles. The molecule has 6 heteroatoms. The van der Waals surface area contributed by atoms with Gasteiger partial charge < -0.3 is 16.4 Å². The van der Waals surface area contributed by atoms with Crippen molar-refractivity contribution in [2.75, 3.05) is 13.1 Å². The van der Waals surface area contributed by atoms with Crippen LogP contribution in [0.25, 0.3) is 5.70 Å². The molecule has 3 heterocycles. The average Bonchev–Trinajstić information content (AvgIpc) is 3.24. The van der Waals surface area contributed by atoms with Crippen molar-refractivity contribution in [3.63, 3.8) is 0 Å². The van der Waals surface area contributed by atoms with Crippen molar-refractivity contribution in [2.24, 2.45) is 15.7 Å². The van der Waals surface area contributed by atoms with Crippen LogP contribution in [0.2, 0.25) is 0 Å². The summed E-state index contributed by atoms with van der Waals surface area (Å²) in [6.45, 7) is 4.66. The van der Waals surface area contributed by atoms with Crippen molar-refractivity contribution in [3.05, 3.63) is 41.1 Å². The Hall–Kier alpha value is -2.34. The van der Waals surface area contributed by atoms with Crippen molar-refractivity contribution >= 4 is 18.0 Å². The smallest absolute Gasteiger partial charge is 0.195 e. The van der Waals surface area contributed by atoms with E-state index in [1.807, 2.05) is 0 Å². The van der Waals surface area contributed by atoms with E-state index < -0.39 is 0 Å². The lowest BCUT2D eigenvalue weighted by Gasteiger charge is -2.26. The van der Waals surface area contributed by atoms with Gasteiger partial charge in [0, 0.05) is 11.6 Å². The molecule has 2 atom stereocenters. The monoisotopic (exact) mass is 310 g/mol. The highest BCUT2D eigenvalue weighted by Gasteiger charge is 2.27. The molecule has 0 spiro atoms. The van der Waals surface area contributed by atoms with E-state index in [9.17, 15) is 0 Å². The summed E-state index contributed by atoms with van der Waals surface area (Å²) in [7, 11) is 0. The molecule has 1 aromatic carbocycles. The Labute approximate surface area is 136 Å². The summed E-state index contributed by atoms with van der Waals surface area (Å²) in [6.07, 6.45) is 4.04. The third-order valence-electron chi connectivity index (χ3n) is 4.82. The molecule has 1 unspecified atom stereocenters. The van der Waals surface area contributed by atoms with Crippen LogP contribution >= 0.6 is 0 Å². The first kappa shape index (κ1) is 14.3. The van der Waals surface area contributed by atoms with Gasteiger partial charge in [0.2, 0.25) is 0 Å². The number of hydrogen-bond acceptors (Lipinski definition) is 6. The van der Waals surface area contributed by atoms with Crippen LogP contribution in [0.5, 0.6) is 0 Å². The maximum Gasteiger partial charge on any atom is 0.195 e. The summed E-state index contributed by atoms with van der Waals surface area (Å²) >= 11 is 0. The van der Waals surface area contributed by atoms with E-state index in [1.165, 1.54) is 31.5 Å². The lowest BCUT2D eigenvalue weighted by atomic mass is 10.0. The van der Waals surface area contributed by atoms with Gasteiger partial charge in [-0.15, -0.1) is 0 Å². The molecule has 0 radical (unpaired) electrons. The average molecular weight is 310 g/mol. The maximum atomic E-state index is 5.91. The molecule has 1 aromatic rings. The summed E-state index contributed by atoms with van der Waals surface area (Å²) in [5.74, 6) is 0.410. The predicted octanol–water partition coefficient (Wildman–Crippen LogP) is 1.39. The fourth-order valence-electron chi connectivity index (χ4n) is 3.51. The third kappa shape index (κ3) is 2.59. The number of nitrogens with two attached hydrogens (primary N) is 1. The Kier molecular flexibility index (Phi) is 3.53. The molecule has 4 N–H and O–H groups in total. The number of guanidine groups is 1. The summed E-state index contributed by atoms with van der Waals surface area (Å²) in [6, 6.07) is 9.09. The van der Waals surface area contributed by atoms with Crippen molar-refractivity contribution in [1.29, 1.82) is 0 Å². The molecule has 0 amide bonds. The van der Waals surface area contributed by atoms with Crippen LogP contribution in [0.15, 0.2) is 39.9 Å². The van der Waals surface area contributed by atoms with Gasteiger partial charge in [-0.25, -0.2) is 9.98 Å². The number of aliphatic imine (C=N–C) groups is 2. The van der Waals surface area contributed by atoms with Gasteiger partial charge in [-0.05, 0) is 44.5 Å². The third-order valence-corrected chi connectivity index (χ3v) is 4.82. The van der Waals surface area contributed by atoms with Gasteiger partial charge in [-0.3, -0.25) is 4.90 Å². The van der Waals surface area contributed by atoms with Crippen LogP contribution in [0.3, 0.4) is 0 Å². The van der Waals surface area contributed by atoms with Crippen LogP contribution in [0.1, 0.15) is 36.9 Å². The minimum Gasteiger partial charge on any atom is -0.370 e. The van der Waals surface area contributed by atoms with Gasteiger partial charge in [0.1, 0.15) is 0 Å². The maximum absolute atomic E-state index is 5.91. The quantitative estimate of drug-likeness (QED) is 0.788. The zero-order valence-corrected chi connectivity index (χ0v) is 13.3. The molecular weight excluding hydrogens is 288 g/mol. The van der Waals surface area contributed by atoms with E-state index in [0.717, 1.165) is 17.0 Å². The molecule has 3 aliphatic rings. The van der Waals surface area contributed by atoms with E-state index >= 15 is 0 Å². The molecule has 23 heavy (non-hydrogen) atoms. The van der Waals surface area contributed by atoms with Crippen LogP contribution in [-0.4, -0.2) is 36.5 Å². The lowest BCUT2D eigenvalue weighted by molar-refractivity contribution is 0.263. The van der Waals surface area contributed by atoms with Crippen molar-refractivity contribution in [2.45, 2.75) is 32.0 Å². The van der Waals surface area contributed by atoms with Gasteiger partial charge in [0.25, 0.3) is 0 Å². The fourth-order valence-corrected chi connectivity index (χ4v) is 3.51. The second-order valence-corrected chi connectivity index (χ2v) is 6.27. The van der Waals surface area contributed by atoms with Crippen molar-refractivity contribution in [1.82, 2.24) is 15.5 Å². The van der Waals surface area contributed by atoms with Gasteiger partial charge in [0.05, 0.1) is 17.7 Å². The van der Waals surface area contributed by atoms with Gasteiger partial charge in [-0.1, -0.05) is 18.2 Å². The zero-order valence-electron chi connectivity index (χ0n) is 13.3. The molecule has 0 bridgehead atoms. The summed E-state index contributed by atoms with van der Waals surface area (Å²) in [4.78, 5) is 11.1. The Morgan fingerprint density at radius 2 is 2.13 bits per heavy atom. The molecular formula is C17H22N6. The van der Waals surface area contributed by atoms with E-state index in [4.69, 9.17) is 5.73 Å². The standard InChI is InChI=1S/C17H22N6/c1-11(23-7-2-3-8-23)12-5-4-6-13(9-12)14-15-16(20-10-19-15)22-17(18)21-14/h4-6,9-11,16H,2-3,7-8H2,1H3,(H,19,20)(H3,18,21,22)/t11-,16?/m1/s1. The van der Waals surface area contributed by atoms with Gasteiger partial charge in [0.15, 0.2) is 12.1 Å². The normalized spacial score (nSPS) is 24.9. The van der Waals surface area contributed by atoms with Crippen LogP contribution in [0, 0.1) is 0 Å². The van der Waals surface area contributed by atoms with Crippen molar-refractivity contribution in [3.8, 4) is 0 Å². The van der Waals surface area contributed by atoms with E-state index in [1.54, 1.807) is 6.34 Å².